The zero-order valence-electron chi connectivity index (χ0n) is 14.8. The zero-order chi connectivity index (χ0) is 20.3. The predicted octanol–water partition coefficient (Wildman–Crippen LogP) is 2.40. The molecule has 2 N–H and O–H groups in total. The second-order valence-corrected chi connectivity index (χ2v) is 6.28. The second-order valence-electron chi connectivity index (χ2n) is 6.28. The topological polar surface area (TPSA) is 121 Å². The van der Waals surface area contributed by atoms with Gasteiger partial charge in [-0.25, -0.2) is 0 Å². The van der Waals surface area contributed by atoms with Gasteiger partial charge in [-0.3, -0.25) is 19.7 Å². The molecule has 3 rings (SSSR count). The van der Waals surface area contributed by atoms with Crippen molar-refractivity contribution in [1.29, 1.82) is 0 Å². The lowest BCUT2D eigenvalue weighted by molar-refractivity contribution is -0.384. The molecule has 144 valence electrons. The molecule has 1 unspecified atom stereocenters. The van der Waals surface area contributed by atoms with Crippen molar-refractivity contribution in [3.05, 3.63) is 81.4 Å². The summed E-state index contributed by atoms with van der Waals surface area (Å²) in [6.45, 7) is -0.0665. The van der Waals surface area contributed by atoms with Crippen molar-refractivity contribution in [3.8, 4) is 0 Å². The number of rotatable bonds is 6. The van der Waals surface area contributed by atoms with E-state index in [1.807, 2.05) is 0 Å². The second kappa shape index (κ2) is 8.01. The average Bonchev–Trinajstić information content (AvgIpc) is 2.97. The Morgan fingerprint density at radius 3 is 2.29 bits per heavy atom. The fourth-order valence-electron chi connectivity index (χ4n) is 3.23. The van der Waals surface area contributed by atoms with Gasteiger partial charge in [0.25, 0.3) is 17.4 Å². The summed E-state index contributed by atoms with van der Waals surface area (Å²) in [4.78, 5) is 36.9. The van der Waals surface area contributed by atoms with Crippen molar-refractivity contribution in [1.82, 2.24) is 4.90 Å². The Morgan fingerprint density at radius 1 is 1.07 bits per heavy atom. The van der Waals surface area contributed by atoms with E-state index in [4.69, 9.17) is 5.11 Å². The molecule has 0 bridgehead atoms. The quantitative estimate of drug-likeness (QED) is 0.260. The van der Waals surface area contributed by atoms with Gasteiger partial charge in [0.2, 0.25) is 0 Å². The van der Waals surface area contributed by atoms with Crippen molar-refractivity contribution in [3.63, 3.8) is 0 Å². The highest BCUT2D eigenvalue weighted by atomic mass is 16.6. The Balaban J connectivity index is 2.14. The number of ketones is 1. The molecule has 8 heteroatoms. The minimum absolute atomic E-state index is 0.0806. The molecule has 1 aliphatic rings. The number of aliphatic hydroxyl groups is 2. The van der Waals surface area contributed by atoms with Crippen molar-refractivity contribution in [2.24, 2.45) is 0 Å². The minimum Gasteiger partial charge on any atom is -0.507 e. The Kier molecular flexibility index (Phi) is 5.51. The monoisotopic (exact) mass is 382 g/mol. The maximum absolute atomic E-state index is 12.7. The lowest BCUT2D eigenvalue weighted by atomic mass is 9.95. The molecule has 1 saturated heterocycles. The van der Waals surface area contributed by atoms with E-state index in [0.717, 1.165) is 0 Å². The van der Waals surface area contributed by atoms with Crippen LogP contribution in [0, 0.1) is 10.1 Å². The molecule has 0 spiro atoms. The molecule has 1 heterocycles. The van der Waals surface area contributed by atoms with E-state index in [1.165, 1.54) is 29.2 Å². The van der Waals surface area contributed by atoms with E-state index in [-0.39, 0.29) is 36.6 Å². The molecule has 0 saturated carbocycles. The smallest absolute Gasteiger partial charge is 0.295 e. The lowest BCUT2D eigenvalue weighted by Gasteiger charge is -2.25. The molecule has 28 heavy (non-hydrogen) atoms. The molecule has 1 aliphatic heterocycles. The number of amides is 1. The summed E-state index contributed by atoms with van der Waals surface area (Å²) in [5, 5.41) is 30.8. The van der Waals surface area contributed by atoms with Gasteiger partial charge < -0.3 is 15.1 Å². The molecule has 0 aliphatic carbocycles. The van der Waals surface area contributed by atoms with E-state index in [1.54, 1.807) is 30.3 Å². The SMILES string of the molecule is O=C1C(=O)N(CCCO)C(c2ccc([N+](=O)[O-])cc2)C1=C(O)c1ccccc1. The molecule has 1 fully saturated rings. The normalized spacial score (nSPS) is 18.5. The largest absolute Gasteiger partial charge is 0.507 e. The first kappa shape index (κ1) is 19.2. The minimum atomic E-state index is -0.896. The Hall–Kier alpha value is -3.52. The van der Waals surface area contributed by atoms with Gasteiger partial charge in [0.05, 0.1) is 16.5 Å². The molecule has 1 amide bonds. The van der Waals surface area contributed by atoms with E-state index in [9.17, 15) is 24.8 Å². The van der Waals surface area contributed by atoms with Gasteiger partial charge >= 0.3 is 0 Å². The standard InChI is InChI=1S/C20H18N2O6/c23-12-4-11-21-17(13-7-9-15(10-8-13)22(27)28)16(19(25)20(21)26)18(24)14-5-2-1-3-6-14/h1-3,5-10,17,23-24H,4,11-12H2. The summed E-state index contributed by atoms with van der Waals surface area (Å²) >= 11 is 0. The third-order valence-electron chi connectivity index (χ3n) is 4.56. The highest BCUT2D eigenvalue weighted by Crippen LogP contribution is 2.39. The fraction of sp³-hybridized carbons (Fsp3) is 0.200. The van der Waals surface area contributed by atoms with Crippen LogP contribution < -0.4 is 0 Å². The van der Waals surface area contributed by atoms with Gasteiger partial charge in [-0.15, -0.1) is 0 Å². The van der Waals surface area contributed by atoms with Crippen LogP contribution >= 0.6 is 0 Å². The van der Waals surface area contributed by atoms with Crippen LogP contribution in [0.25, 0.3) is 5.76 Å². The number of carbonyl (C=O) groups excluding carboxylic acids is 2. The van der Waals surface area contributed by atoms with Crippen molar-refractivity contribution in [2.75, 3.05) is 13.2 Å². The van der Waals surface area contributed by atoms with Crippen LogP contribution in [0.15, 0.2) is 60.2 Å². The number of Topliss-reactive ketones (excluding diaryl/α,β-unsaturated/α-hetero) is 1. The molecule has 0 aromatic heterocycles. The average molecular weight is 382 g/mol. The first-order valence-corrected chi connectivity index (χ1v) is 8.64. The number of nitro benzene ring substituents is 1. The number of hydrogen-bond donors (Lipinski definition) is 2. The van der Waals surface area contributed by atoms with Crippen LogP contribution in [-0.4, -0.2) is 44.9 Å². The highest BCUT2D eigenvalue weighted by molar-refractivity contribution is 6.46. The molecule has 1 atom stereocenters. The maximum Gasteiger partial charge on any atom is 0.295 e. The van der Waals surface area contributed by atoms with Crippen molar-refractivity contribution in [2.45, 2.75) is 12.5 Å². The van der Waals surface area contributed by atoms with Crippen LogP contribution in [0.5, 0.6) is 0 Å². The third kappa shape index (κ3) is 3.49. The van der Waals surface area contributed by atoms with E-state index in [2.05, 4.69) is 0 Å². The summed E-state index contributed by atoms with van der Waals surface area (Å²) < 4.78 is 0. The predicted molar refractivity (Wildman–Crippen MR) is 100 cm³/mol. The van der Waals surface area contributed by atoms with E-state index in [0.29, 0.717) is 11.1 Å². The molecule has 2 aromatic rings. The summed E-state index contributed by atoms with van der Waals surface area (Å²) in [7, 11) is 0. The van der Waals surface area contributed by atoms with Crippen LogP contribution in [-0.2, 0) is 9.59 Å². The number of nitrogens with zero attached hydrogens (tertiary/aromatic N) is 2. The number of aliphatic hydroxyl groups excluding tert-OH is 2. The maximum atomic E-state index is 12.7. The van der Waals surface area contributed by atoms with Crippen LogP contribution in [0.1, 0.15) is 23.6 Å². The van der Waals surface area contributed by atoms with Crippen molar-refractivity contribution >= 4 is 23.1 Å². The van der Waals surface area contributed by atoms with Crippen molar-refractivity contribution < 1.29 is 24.7 Å². The molecule has 0 radical (unpaired) electrons. The molecule has 2 aromatic carbocycles. The van der Waals surface area contributed by atoms with Crippen LogP contribution in [0.2, 0.25) is 0 Å². The number of benzene rings is 2. The van der Waals surface area contributed by atoms with Crippen LogP contribution in [0.4, 0.5) is 5.69 Å². The first-order chi connectivity index (χ1) is 13.5. The number of likely N-dealkylation sites (tertiary alicyclic amines) is 1. The van der Waals surface area contributed by atoms with Gasteiger partial charge in [-0.2, -0.15) is 0 Å². The van der Waals surface area contributed by atoms with Crippen LogP contribution in [0.3, 0.4) is 0 Å². The summed E-state index contributed by atoms with van der Waals surface area (Å²) in [5.74, 6) is -1.93. The van der Waals surface area contributed by atoms with Gasteiger partial charge in [0, 0.05) is 30.8 Å². The number of hydrogen-bond acceptors (Lipinski definition) is 6. The zero-order valence-corrected chi connectivity index (χ0v) is 14.8. The number of nitro groups is 1. The van der Waals surface area contributed by atoms with Gasteiger partial charge in [0.15, 0.2) is 0 Å². The summed E-state index contributed by atoms with van der Waals surface area (Å²) in [6, 6.07) is 13.0. The van der Waals surface area contributed by atoms with E-state index < -0.39 is 22.7 Å². The third-order valence-corrected chi connectivity index (χ3v) is 4.56. The molecule has 8 nitrogen and oxygen atoms in total. The van der Waals surface area contributed by atoms with Gasteiger partial charge in [0.1, 0.15) is 5.76 Å². The number of non-ortho nitro benzene ring substituents is 1. The van der Waals surface area contributed by atoms with Gasteiger partial charge in [-0.05, 0) is 24.1 Å². The summed E-state index contributed by atoms with van der Waals surface area (Å²) in [6.07, 6.45) is 0.252. The highest BCUT2D eigenvalue weighted by Gasteiger charge is 2.45. The summed E-state index contributed by atoms with van der Waals surface area (Å²) in [5.41, 5.74) is 0.636. The Morgan fingerprint density at radius 2 is 1.71 bits per heavy atom. The van der Waals surface area contributed by atoms with Gasteiger partial charge in [-0.1, -0.05) is 30.3 Å². The molecular weight excluding hydrogens is 364 g/mol. The fourth-order valence-corrected chi connectivity index (χ4v) is 3.23. The lowest BCUT2D eigenvalue weighted by Crippen LogP contribution is -2.31. The van der Waals surface area contributed by atoms with E-state index >= 15 is 0 Å². The molecular formula is C20H18N2O6. The Labute approximate surface area is 160 Å². The first-order valence-electron chi connectivity index (χ1n) is 8.64. The Bertz CT molecular complexity index is 937. The number of carbonyl (C=O) groups is 2.